The average Bonchev–Trinajstić information content (AvgIpc) is 0.698. The van der Waals surface area contributed by atoms with Gasteiger partial charge >= 0.3 is 98.3 Å². The number of ether oxygens (including phenoxy) is 14. The van der Waals surface area contributed by atoms with E-state index in [4.69, 9.17) is 75.2 Å². The van der Waals surface area contributed by atoms with Gasteiger partial charge in [-0.3, -0.25) is 9.59 Å². The van der Waals surface area contributed by atoms with Crippen molar-refractivity contribution in [1.82, 2.24) is 5.32 Å². The minimum absolute atomic E-state index is 0.165. The van der Waals surface area contributed by atoms with Gasteiger partial charge in [0.15, 0.2) is 47.0 Å². The second kappa shape index (κ2) is 41.7. The number of alkyl halides is 20. The SMILES string of the molecule is CO[C@H]1O[C@H](COC(=O)OCCS(=O)(=O)CCCC(F)(F)C(F)(F)C(F)(F)C(F)(F)C(F)(F)C(F)(F)C(F)(F)C(F)(F)F)[C@@H](O[C@@H]2O[C@H](COC(=O)c3ccccc3)[C@@H](O[C@@H]3O[C@@H]4CO[Si](C(C)(C)C)(C(C)(C)C)O[C@H]4[C@H](OC(=O)CCC(C)=O)[C@H]3NC(=O)C(F)(F)F)[C@H](OC(=O)c3ccccc3)[C@H]2OC(=O)c2ccccc2)[C@H](OCc2ccccc2)[C@H]1OCc1ccccc1. The Hall–Kier alpha value is -9.24. The van der Waals surface area contributed by atoms with Crippen LogP contribution in [0.15, 0.2) is 152 Å². The van der Waals surface area contributed by atoms with E-state index in [9.17, 15) is 107 Å². The molecule has 4 fully saturated rings. The third-order valence-electron chi connectivity index (χ3n) is 21.1. The third kappa shape index (κ3) is 23.9. The summed E-state index contributed by atoms with van der Waals surface area (Å²) in [6, 6.07) is 33.7. The van der Waals surface area contributed by atoms with E-state index < -0.39 is 286 Å². The lowest BCUT2D eigenvalue weighted by molar-refractivity contribution is -0.461. The van der Waals surface area contributed by atoms with E-state index in [1.54, 1.807) is 102 Å². The van der Waals surface area contributed by atoms with Crippen LogP contribution >= 0.6 is 0 Å². The van der Waals surface area contributed by atoms with Crippen molar-refractivity contribution in [2.45, 2.75) is 243 Å². The minimum atomic E-state index is -8.92. The number of hydrogen-bond acceptors (Lipinski definition) is 25. The molecular weight excluding hydrogens is 1850 g/mol. The molecule has 15 atom stereocenters. The van der Waals surface area contributed by atoms with Crippen LogP contribution in [-0.4, -0.2) is 250 Å². The molecule has 1 N–H and O–H groups in total. The fourth-order valence-electron chi connectivity index (χ4n) is 14.5. The maximum absolute atomic E-state index is 15.2. The Morgan fingerprint density at radius 1 is 0.458 bits per heavy atom. The first kappa shape index (κ1) is 105. The molecular formula is C83H89F20NO25SSi. The summed E-state index contributed by atoms with van der Waals surface area (Å²) in [7, 11) is -8.06. The molecule has 0 aliphatic carbocycles. The molecule has 0 saturated carbocycles. The smallest absolute Gasteiger partial charge is 0.459 e. The number of fused-ring (bicyclic) bond motifs is 1. The molecule has 0 aromatic heterocycles. The first-order chi connectivity index (χ1) is 60.8. The number of esters is 4. The zero-order valence-electron chi connectivity index (χ0n) is 70.3. The van der Waals surface area contributed by atoms with Crippen LogP contribution in [0.2, 0.25) is 10.1 Å². The largest absolute Gasteiger partial charge is 0.508 e. The second-order valence-corrected chi connectivity index (χ2v) is 39.6. The average molecular weight is 1940 g/mol. The zero-order chi connectivity index (χ0) is 97.3. The standard InChI is InChI=1S/C83H89F20NO25SSi/c1-46(105)35-36-55(106)124-60-56(104-71(110)76(86,87)88)68(121-54-45-120-131(73(2,3)4,74(5,6)7)129-59(54)60)127-58-52(43-118-65(107)49-29-18-11-19-30-49)123-70(64(126-67(109)51-33-22-13-23-34-51)62(58)125-66(108)50-31-20-12-21-32-50)128-57-53(122-69(114-8)63(117-42-48-27-16-10-17-28-48)61(57)116-41-47-25-14-9-15-26-47)44-119-72(111)115-38-40-130(112,113)39-24-37-75(84,85)77(89,90)78(91,92)79(93,94)80(95,96)81(97,98)82(99,100)83(101,102)103/h9-23,25-34,52-54,56-64,68-70H,24,35-45H2,1-8H3,(H,104,110)/t52-,53-,54-,56-,57-,58-,59-,60-,61+,62+,63-,64-,68+,69+,70+/m1/s1. The Bertz CT molecular complexity index is 4790. The fraction of sp³-hybridized carbons (Fsp3) is 0.554. The summed E-state index contributed by atoms with van der Waals surface area (Å²) in [5.41, 5.74) is 0.0627. The van der Waals surface area contributed by atoms with Gasteiger partial charge in [-0.15, -0.1) is 0 Å². The molecule has 5 aromatic rings. The Kier molecular flexibility index (Phi) is 33.6. The topological polar surface area (TPSA) is 313 Å². The van der Waals surface area contributed by atoms with Gasteiger partial charge in [0.25, 0.3) is 0 Å². The summed E-state index contributed by atoms with van der Waals surface area (Å²) < 4.78 is 412. The van der Waals surface area contributed by atoms with Crippen molar-refractivity contribution < 1.29 is 205 Å². The number of methoxy groups -OCH3 is 1. The van der Waals surface area contributed by atoms with Gasteiger partial charge in [0.05, 0.1) is 54.4 Å². The maximum atomic E-state index is 15.2. The van der Waals surface area contributed by atoms with Crippen molar-refractivity contribution in [2.75, 3.05) is 45.0 Å². The summed E-state index contributed by atoms with van der Waals surface area (Å²) in [5.74, 6) is -70.7. The summed E-state index contributed by atoms with van der Waals surface area (Å²) in [4.78, 5) is 99.1. The normalized spacial score (nSPS) is 24.4. The van der Waals surface area contributed by atoms with Crippen LogP contribution in [0.25, 0.3) is 0 Å². The molecule has 26 nitrogen and oxygen atoms in total. The van der Waals surface area contributed by atoms with Crippen molar-refractivity contribution in [1.29, 1.82) is 0 Å². The van der Waals surface area contributed by atoms with Gasteiger partial charge < -0.3 is 85.3 Å². The summed E-state index contributed by atoms with van der Waals surface area (Å²) >= 11 is 0. The maximum Gasteiger partial charge on any atom is 0.508 e. The highest BCUT2D eigenvalue weighted by Gasteiger charge is 2.95. The number of rotatable bonds is 38. The number of amides is 1. The van der Waals surface area contributed by atoms with E-state index in [2.05, 4.69) is 0 Å². The van der Waals surface area contributed by atoms with Crippen LogP contribution in [0.4, 0.5) is 92.6 Å². The Labute approximate surface area is 735 Å². The van der Waals surface area contributed by atoms with E-state index >= 15 is 22.8 Å². The second-order valence-electron chi connectivity index (χ2n) is 32.5. The number of hydrogen-bond donors (Lipinski definition) is 1. The van der Waals surface area contributed by atoms with Crippen LogP contribution in [-0.2, 0) is 113 Å². The van der Waals surface area contributed by atoms with Crippen molar-refractivity contribution in [3.05, 3.63) is 179 Å². The van der Waals surface area contributed by atoms with E-state index in [-0.39, 0.29) is 23.3 Å². The third-order valence-corrected chi connectivity index (χ3v) is 27.9. The predicted molar refractivity (Wildman–Crippen MR) is 410 cm³/mol. The first-order valence-corrected chi connectivity index (χ1v) is 43.4. The van der Waals surface area contributed by atoms with E-state index in [1.165, 1.54) is 91.0 Å². The lowest BCUT2D eigenvalue weighted by atomic mass is 9.88. The number of ketones is 1. The van der Waals surface area contributed by atoms with Gasteiger partial charge in [-0.25, -0.2) is 27.6 Å². The number of halogens is 20. The molecule has 0 radical (unpaired) electrons. The Morgan fingerprint density at radius 3 is 1.37 bits per heavy atom. The molecule has 726 valence electrons. The predicted octanol–water partition coefficient (Wildman–Crippen LogP) is 15.2. The molecule has 9 rings (SSSR count). The van der Waals surface area contributed by atoms with E-state index in [0.717, 1.165) is 14.0 Å². The van der Waals surface area contributed by atoms with Crippen molar-refractivity contribution in [2.24, 2.45) is 0 Å². The van der Waals surface area contributed by atoms with Gasteiger partial charge in [-0.2, -0.15) is 87.8 Å². The number of nitrogens with one attached hydrogen (secondary N) is 1. The molecule has 4 aliphatic rings. The Balaban J connectivity index is 1.14. The molecule has 4 heterocycles. The molecule has 48 heteroatoms. The highest BCUT2D eigenvalue weighted by Crippen LogP contribution is 2.65. The van der Waals surface area contributed by atoms with Crippen LogP contribution in [0, 0.1) is 0 Å². The van der Waals surface area contributed by atoms with Gasteiger partial charge in [0, 0.05) is 30.0 Å². The molecule has 5 aromatic carbocycles. The lowest BCUT2D eigenvalue weighted by Gasteiger charge is -2.58. The molecule has 0 unspecified atom stereocenters. The van der Waals surface area contributed by atoms with Gasteiger partial charge in [-0.05, 0) is 60.9 Å². The summed E-state index contributed by atoms with van der Waals surface area (Å²) in [6.07, 6.45) is -51.5. The first-order valence-electron chi connectivity index (χ1n) is 39.7. The quantitative estimate of drug-likeness (QED) is 0.0166. The molecule has 4 saturated heterocycles. The minimum Gasteiger partial charge on any atom is -0.459 e. The number of carbonyl (C=O) groups excluding carboxylic acids is 7. The van der Waals surface area contributed by atoms with Gasteiger partial charge in [0.2, 0.25) is 0 Å². The van der Waals surface area contributed by atoms with Crippen LogP contribution < -0.4 is 5.32 Å². The summed E-state index contributed by atoms with van der Waals surface area (Å²) in [6.45, 7) is 6.27. The van der Waals surface area contributed by atoms with Crippen molar-refractivity contribution in [3.63, 3.8) is 0 Å². The zero-order valence-corrected chi connectivity index (χ0v) is 72.1. The lowest BCUT2D eigenvalue weighted by Crippen LogP contribution is -2.75. The van der Waals surface area contributed by atoms with Crippen LogP contribution in [0.5, 0.6) is 0 Å². The summed E-state index contributed by atoms with van der Waals surface area (Å²) in [5, 5.41) is -0.0953. The molecule has 0 spiro atoms. The number of Topliss-reactive ketones (excluding diaryl/α,β-unsaturated/α-hetero) is 1. The monoisotopic (exact) mass is 1940 g/mol. The van der Waals surface area contributed by atoms with Gasteiger partial charge in [-0.1, -0.05) is 157 Å². The molecule has 0 bridgehead atoms. The van der Waals surface area contributed by atoms with Crippen LogP contribution in [0.1, 0.15) is 116 Å². The molecule has 131 heavy (non-hydrogen) atoms. The van der Waals surface area contributed by atoms with E-state index in [0.29, 0.717) is 11.1 Å². The highest BCUT2D eigenvalue weighted by molar-refractivity contribution is 7.91. The van der Waals surface area contributed by atoms with E-state index in [1.807, 2.05) is 5.32 Å². The fourth-order valence-corrected chi connectivity index (χ4v) is 20.6. The number of benzene rings is 5. The van der Waals surface area contributed by atoms with Crippen molar-refractivity contribution in [3.8, 4) is 0 Å². The number of carbonyl (C=O) groups is 7. The van der Waals surface area contributed by atoms with Gasteiger partial charge in [0.1, 0.15) is 80.5 Å². The molecule has 4 aliphatic heterocycles. The van der Waals surface area contributed by atoms with Crippen molar-refractivity contribution >= 4 is 60.1 Å². The van der Waals surface area contributed by atoms with Crippen LogP contribution in [0.3, 0.4) is 0 Å². The number of sulfone groups is 1. The highest BCUT2D eigenvalue weighted by atomic mass is 32.2. The molecule has 1 amide bonds. The Morgan fingerprint density at radius 2 is 0.893 bits per heavy atom.